The monoisotopic (exact) mass is 289 g/mol. The van der Waals surface area contributed by atoms with Crippen molar-refractivity contribution in [3.05, 3.63) is 58.6 Å². The van der Waals surface area contributed by atoms with E-state index >= 15 is 0 Å². The highest BCUT2D eigenvalue weighted by Crippen LogP contribution is 2.28. The fraction of sp³-hybridized carbons (Fsp3) is 0.0714. The van der Waals surface area contributed by atoms with Crippen LogP contribution in [0.25, 0.3) is 11.1 Å². The molecule has 1 N–H and O–H groups in total. The maximum atomic E-state index is 12.7. The van der Waals surface area contributed by atoms with Gasteiger partial charge in [0, 0.05) is 0 Å². The van der Waals surface area contributed by atoms with E-state index in [-0.39, 0.29) is 20.9 Å². The summed E-state index contributed by atoms with van der Waals surface area (Å²) in [6.07, 6.45) is 0. The third-order valence-corrected chi connectivity index (χ3v) is 5.05. The smallest absolute Gasteiger partial charge is 0.408 e. The lowest BCUT2D eigenvalue weighted by molar-refractivity contribution is 0.555. The number of nitrogens with one attached hydrogen (secondary N) is 1. The number of rotatable bonds is 2. The number of hydrogen-bond acceptors (Lipinski definition) is 4. The van der Waals surface area contributed by atoms with Crippen molar-refractivity contribution in [3.8, 4) is 0 Å². The molecular weight excluding hydrogens is 278 g/mol. The first kappa shape index (κ1) is 12.7. The van der Waals surface area contributed by atoms with E-state index in [2.05, 4.69) is 4.98 Å². The molecule has 0 radical (unpaired) electrons. The van der Waals surface area contributed by atoms with E-state index in [9.17, 15) is 13.2 Å². The van der Waals surface area contributed by atoms with Crippen LogP contribution >= 0.6 is 0 Å². The molecule has 0 atom stereocenters. The first-order chi connectivity index (χ1) is 9.50. The normalized spacial score (nSPS) is 11.8. The van der Waals surface area contributed by atoms with Crippen LogP contribution in [-0.2, 0) is 9.84 Å². The SMILES string of the molecule is Cc1ccccc1S(=O)(=O)c1cccc2oc(=O)[nH]c12. The molecule has 3 rings (SSSR count). The van der Waals surface area contributed by atoms with Crippen molar-refractivity contribution < 1.29 is 12.8 Å². The second-order valence-corrected chi connectivity index (χ2v) is 6.30. The molecule has 1 heterocycles. The summed E-state index contributed by atoms with van der Waals surface area (Å²) in [5, 5.41) is 0. The van der Waals surface area contributed by atoms with Crippen LogP contribution in [0.2, 0.25) is 0 Å². The van der Waals surface area contributed by atoms with Gasteiger partial charge < -0.3 is 4.42 Å². The first-order valence-electron chi connectivity index (χ1n) is 5.93. The third kappa shape index (κ3) is 1.85. The van der Waals surface area contributed by atoms with Gasteiger partial charge in [-0.1, -0.05) is 24.3 Å². The number of aromatic amines is 1. The standard InChI is InChI=1S/C14H11NO4S/c1-9-5-2-3-7-11(9)20(17,18)12-8-4-6-10-13(12)15-14(16)19-10/h2-8H,1H3,(H,15,16). The highest BCUT2D eigenvalue weighted by Gasteiger charge is 2.23. The average Bonchev–Trinajstić information content (AvgIpc) is 2.78. The van der Waals surface area contributed by atoms with Crippen molar-refractivity contribution in [3.63, 3.8) is 0 Å². The Bertz CT molecular complexity index is 950. The molecule has 0 aliphatic heterocycles. The van der Waals surface area contributed by atoms with Gasteiger partial charge in [-0.3, -0.25) is 4.98 Å². The minimum absolute atomic E-state index is 0.0372. The Kier molecular flexibility index (Phi) is 2.76. The number of fused-ring (bicyclic) bond motifs is 1. The van der Waals surface area contributed by atoms with Crippen LogP contribution in [0.15, 0.2) is 61.5 Å². The predicted octanol–water partition coefficient (Wildman–Crippen LogP) is 2.26. The molecule has 0 spiro atoms. The van der Waals surface area contributed by atoms with Crippen molar-refractivity contribution in [1.29, 1.82) is 0 Å². The van der Waals surface area contributed by atoms with Crippen LogP contribution in [0.4, 0.5) is 0 Å². The summed E-state index contributed by atoms with van der Waals surface area (Å²) < 4.78 is 30.3. The topological polar surface area (TPSA) is 80.1 Å². The number of H-pyrrole nitrogens is 1. The van der Waals surface area contributed by atoms with E-state index in [0.29, 0.717) is 5.56 Å². The molecular formula is C14H11NO4S. The number of sulfone groups is 1. The molecule has 0 fully saturated rings. The summed E-state index contributed by atoms with van der Waals surface area (Å²) in [7, 11) is -3.71. The summed E-state index contributed by atoms with van der Waals surface area (Å²) in [5.74, 6) is -0.674. The molecule has 0 aliphatic rings. The molecule has 0 aliphatic carbocycles. The van der Waals surface area contributed by atoms with Gasteiger partial charge in [0.1, 0.15) is 5.52 Å². The van der Waals surface area contributed by atoms with Gasteiger partial charge in [-0.2, -0.15) is 0 Å². The number of oxazole rings is 1. The number of aromatic nitrogens is 1. The van der Waals surface area contributed by atoms with Gasteiger partial charge in [-0.15, -0.1) is 0 Å². The van der Waals surface area contributed by atoms with Crippen molar-refractivity contribution in [2.24, 2.45) is 0 Å². The average molecular weight is 289 g/mol. The first-order valence-corrected chi connectivity index (χ1v) is 7.41. The van der Waals surface area contributed by atoms with Crippen molar-refractivity contribution >= 4 is 20.9 Å². The lowest BCUT2D eigenvalue weighted by Crippen LogP contribution is -2.05. The maximum Gasteiger partial charge on any atom is 0.417 e. The van der Waals surface area contributed by atoms with Gasteiger partial charge in [-0.25, -0.2) is 13.2 Å². The number of aryl methyl sites for hydroxylation is 1. The molecule has 0 bridgehead atoms. The number of para-hydroxylation sites is 1. The van der Waals surface area contributed by atoms with Crippen molar-refractivity contribution in [1.82, 2.24) is 4.98 Å². The molecule has 0 amide bonds. The van der Waals surface area contributed by atoms with E-state index in [4.69, 9.17) is 4.42 Å². The molecule has 102 valence electrons. The third-order valence-electron chi connectivity index (χ3n) is 3.09. The molecule has 3 aromatic rings. The van der Waals surface area contributed by atoms with Gasteiger partial charge in [0.15, 0.2) is 5.58 Å². The summed E-state index contributed by atoms with van der Waals surface area (Å²) in [5.41, 5.74) is 1.07. The molecule has 0 saturated heterocycles. The maximum absolute atomic E-state index is 12.7. The molecule has 5 nitrogen and oxygen atoms in total. The fourth-order valence-corrected chi connectivity index (χ4v) is 3.81. The zero-order valence-corrected chi connectivity index (χ0v) is 11.4. The van der Waals surface area contributed by atoms with Crippen LogP contribution in [0.3, 0.4) is 0 Å². The Morgan fingerprint density at radius 3 is 2.45 bits per heavy atom. The van der Waals surface area contributed by atoms with Crippen LogP contribution in [-0.4, -0.2) is 13.4 Å². The Morgan fingerprint density at radius 2 is 1.70 bits per heavy atom. The summed E-state index contributed by atoms with van der Waals surface area (Å²) in [6, 6.07) is 11.3. The Hall–Kier alpha value is -2.34. The molecule has 2 aromatic carbocycles. The van der Waals surface area contributed by atoms with Gasteiger partial charge in [-0.05, 0) is 30.7 Å². The molecule has 0 unspecified atom stereocenters. The second kappa shape index (κ2) is 4.35. The zero-order valence-electron chi connectivity index (χ0n) is 10.6. The fourth-order valence-electron chi connectivity index (χ4n) is 2.15. The Balaban J connectivity index is 2.35. The van der Waals surface area contributed by atoms with E-state index in [1.54, 1.807) is 43.3 Å². The van der Waals surface area contributed by atoms with E-state index in [1.807, 2.05) is 0 Å². The highest BCUT2D eigenvalue weighted by molar-refractivity contribution is 7.91. The highest BCUT2D eigenvalue weighted by atomic mass is 32.2. The molecule has 20 heavy (non-hydrogen) atoms. The van der Waals surface area contributed by atoms with E-state index in [0.717, 1.165) is 0 Å². The van der Waals surface area contributed by atoms with Crippen LogP contribution in [0.1, 0.15) is 5.56 Å². The van der Waals surface area contributed by atoms with Crippen LogP contribution in [0.5, 0.6) is 0 Å². The van der Waals surface area contributed by atoms with Crippen LogP contribution < -0.4 is 5.76 Å². The second-order valence-electron chi connectivity index (χ2n) is 4.41. The minimum Gasteiger partial charge on any atom is -0.408 e. The molecule has 6 heteroatoms. The number of benzene rings is 2. The molecule has 1 aromatic heterocycles. The van der Waals surface area contributed by atoms with Gasteiger partial charge in [0.25, 0.3) is 0 Å². The zero-order chi connectivity index (χ0) is 14.3. The number of hydrogen-bond donors (Lipinski definition) is 1. The van der Waals surface area contributed by atoms with Crippen LogP contribution in [0, 0.1) is 6.92 Å². The quantitative estimate of drug-likeness (QED) is 0.784. The van der Waals surface area contributed by atoms with Gasteiger partial charge in [0.05, 0.1) is 9.79 Å². The van der Waals surface area contributed by atoms with Gasteiger partial charge in [0.2, 0.25) is 9.84 Å². The summed E-state index contributed by atoms with van der Waals surface area (Å²) in [6.45, 7) is 1.73. The lowest BCUT2D eigenvalue weighted by atomic mass is 10.2. The summed E-state index contributed by atoms with van der Waals surface area (Å²) in [4.78, 5) is 13.9. The Labute approximate surface area is 114 Å². The van der Waals surface area contributed by atoms with E-state index < -0.39 is 15.6 Å². The van der Waals surface area contributed by atoms with E-state index in [1.165, 1.54) is 6.07 Å². The van der Waals surface area contributed by atoms with Crippen molar-refractivity contribution in [2.45, 2.75) is 16.7 Å². The summed E-state index contributed by atoms with van der Waals surface area (Å²) >= 11 is 0. The molecule has 0 saturated carbocycles. The largest absolute Gasteiger partial charge is 0.417 e. The lowest BCUT2D eigenvalue weighted by Gasteiger charge is -2.07. The Morgan fingerprint density at radius 1 is 1.00 bits per heavy atom. The van der Waals surface area contributed by atoms with Gasteiger partial charge >= 0.3 is 5.76 Å². The van der Waals surface area contributed by atoms with Crippen molar-refractivity contribution in [2.75, 3.05) is 0 Å². The predicted molar refractivity (Wildman–Crippen MR) is 73.5 cm³/mol. The minimum atomic E-state index is -3.71.